The molecule has 0 bridgehead atoms. The van der Waals surface area contributed by atoms with Gasteiger partial charge in [0.25, 0.3) is 0 Å². The van der Waals surface area contributed by atoms with Crippen molar-refractivity contribution in [2.75, 3.05) is 13.0 Å². The molecule has 4 nitrogen and oxygen atoms in total. The van der Waals surface area contributed by atoms with Gasteiger partial charge >= 0.3 is 0 Å². The number of alkyl halides is 1. The van der Waals surface area contributed by atoms with Crippen molar-refractivity contribution < 1.29 is 9.53 Å². The van der Waals surface area contributed by atoms with E-state index in [2.05, 4.69) is 9.69 Å². The van der Waals surface area contributed by atoms with E-state index in [1.54, 1.807) is 13.2 Å². The lowest BCUT2D eigenvalue weighted by atomic mass is 10.4. The molecule has 1 aromatic rings. The second kappa shape index (κ2) is 5.04. The molecule has 0 aromatic carbocycles. The van der Waals surface area contributed by atoms with E-state index < -0.39 is 0 Å². The quantitative estimate of drug-likeness (QED) is 0.771. The van der Waals surface area contributed by atoms with E-state index in [-0.39, 0.29) is 11.8 Å². The summed E-state index contributed by atoms with van der Waals surface area (Å²) in [6.07, 6.45) is 0. The zero-order valence-corrected chi connectivity index (χ0v) is 8.61. The molecule has 72 valence electrons. The van der Waals surface area contributed by atoms with E-state index in [1.807, 2.05) is 0 Å². The molecule has 6 heteroatoms. The first kappa shape index (κ1) is 10.3. The van der Waals surface area contributed by atoms with Crippen molar-refractivity contribution >= 4 is 29.0 Å². The van der Waals surface area contributed by atoms with Crippen molar-refractivity contribution in [2.24, 2.45) is 0 Å². The Hall–Kier alpha value is -0.810. The highest BCUT2D eigenvalue weighted by Gasteiger charge is 2.03. The Balaban J connectivity index is 2.41. The third-order valence-corrected chi connectivity index (χ3v) is 2.34. The summed E-state index contributed by atoms with van der Waals surface area (Å²) in [6.45, 7) is 0.451. The first-order chi connectivity index (χ1) is 6.26. The molecule has 13 heavy (non-hydrogen) atoms. The number of carbonyl (C=O) groups excluding carboxylic acids is 1. The first-order valence-electron chi connectivity index (χ1n) is 3.58. The zero-order chi connectivity index (χ0) is 9.68. The molecular formula is C7H9ClN2O2S. The van der Waals surface area contributed by atoms with E-state index in [9.17, 15) is 4.79 Å². The van der Waals surface area contributed by atoms with Crippen LogP contribution < -0.4 is 10.1 Å². The topological polar surface area (TPSA) is 51.2 Å². The maximum atomic E-state index is 10.8. The summed E-state index contributed by atoms with van der Waals surface area (Å²) >= 11 is 6.60. The van der Waals surface area contributed by atoms with Crippen molar-refractivity contribution in [3.05, 3.63) is 10.9 Å². The van der Waals surface area contributed by atoms with Crippen LogP contribution in [0.15, 0.2) is 6.07 Å². The van der Waals surface area contributed by atoms with Crippen molar-refractivity contribution in [3.63, 3.8) is 0 Å². The minimum Gasteiger partial charge on any atom is -0.480 e. The number of halogens is 1. The van der Waals surface area contributed by atoms with Gasteiger partial charge in [0.15, 0.2) is 0 Å². The molecule has 1 N–H and O–H groups in total. The molecule has 1 rings (SSSR count). The molecule has 0 saturated carbocycles. The molecule has 0 aliphatic rings. The lowest BCUT2D eigenvalue weighted by molar-refractivity contribution is -0.118. The van der Waals surface area contributed by atoms with E-state index >= 15 is 0 Å². The van der Waals surface area contributed by atoms with Gasteiger partial charge in [0, 0.05) is 10.9 Å². The van der Waals surface area contributed by atoms with Crippen LogP contribution >= 0.6 is 23.1 Å². The normalized spacial score (nSPS) is 9.69. The highest BCUT2D eigenvalue weighted by molar-refractivity contribution is 7.05. The van der Waals surface area contributed by atoms with Gasteiger partial charge in [0.2, 0.25) is 11.8 Å². The Bertz CT molecular complexity index is 290. The molecule has 0 radical (unpaired) electrons. The van der Waals surface area contributed by atoms with Crippen LogP contribution in [0.4, 0.5) is 0 Å². The molecule has 0 saturated heterocycles. The van der Waals surface area contributed by atoms with Crippen LogP contribution in [-0.4, -0.2) is 23.3 Å². The fraction of sp³-hybridized carbons (Fsp3) is 0.429. The average molecular weight is 221 g/mol. The summed E-state index contributed by atoms with van der Waals surface area (Å²) in [5, 5.41) is 2.63. The van der Waals surface area contributed by atoms with Gasteiger partial charge in [-0.3, -0.25) is 4.79 Å². The monoisotopic (exact) mass is 220 g/mol. The maximum absolute atomic E-state index is 10.8. The number of nitrogens with zero attached hydrogens (tertiary/aromatic N) is 1. The Kier molecular flexibility index (Phi) is 3.98. The van der Waals surface area contributed by atoms with Crippen LogP contribution in [-0.2, 0) is 11.3 Å². The summed E-state index contributed by atoms with van der Waals surface area (Å²) in [7, 11) is 1.55. The van der Waals surface area contributed by atoms with Crippen molar-refractivity contribution in [2.45, 2.75) is 6.54 Å². The molecule has 0 fully saturated rings. The summed E-state index contributed by atoms with van der Waals surface area (Å²) in [5.74, 6) is 0.366. The largest absolute Gasteiger partial charge is 0.480 e. The number of methoxy groups -OCH3 is 1. The highest BCUT2D eigenvalue weighted by atomic mass is 35.5. The van der Waals surface area contributed by atoms with Crippen molar-refractivity contribution in [1.82, 2.24) is 9.69 Å². The molecule has 0 unspecified atom stereocenters. The summed E-state index contributed by atoms with van der Waals surface area (Å²) in [4.78, 5) is 11.7. The average Bonchev–Trinajstić information content (AvgIpc) is 2.61. The number of amides is 1. The number of hydrogen-bond acceptors (Lipinski definition) is 4. The van der Waals surface area contributed by atoms with Gasteiger partial charge in [-0.05, 0) is 11.5 Å². The molecule has 0 aliphatic carbocycles. The SMILES string of the molecule is COc1cc(CNC(=O)CCl)sn1. The third kappa shape index (κ3) is 3.20. The lowest BCUT2D eigenvalue weighted by Crippen LogP contribution is -2.23. The van der Waals surface area contributed by atoms with Gasteiger partial charge in [-0.15, -0.1) is 11.6 Å². The predicted octanol–water partition coefficient (Wildman–Crippen LogP) is 1.01. The summed E-state index contributed by atoms with van der Waals surface area (Å²) < 4.78 is 8.86. The van der Waals surface area contributed by atoms with E-state index in [1.165, 1.54) is 11.5 Å². The standard InChI is InChI=1S/C7H9ClN2O2S/c1-12-7-2-5(13-10-7)4-9-6(11)3-8/h2H,3-4H2,1H3,(H,9,11). The van der Waals surface area contributed by atoms with E-state index in [0.717, 1.165) is 4.88 Å². The second-order valence-corrected chi connectivity index (χ2v) is 3.40. The molecule has 0 spiro atoms. The number of hydrogen-bond donors (Lipinski definition) is 1. The van der Waals surface area contributed by atoms with E-state index in [0.29, 0.717) is 12.4 Å². The molecule has 0 aliphatic heterocycles. The van der Waals surface area contributed by atoms with Gasteiger partial charge in [0.1, 0.15) is 5.88 Å². The third-order valence-electron chi connectivity index (χ3n) is 1.33. The van der Waals surface area contributed by atoms with Crippen molar-refractivity contribution in [1.29, 1.82) is 0 Å². The smallest absolute Gasteiger partial charge is 0.235 e. The number of rotatable bonds is 4. The number of carbonyl (C=O) groups is 1. The second-order valence-electron chi connectivity index (χ2n) is 2.25. The first-order valence-corrected chi connectivity index (χ1v) is 4.89. The van der Waals surface area contributed by atoms with Crippen LogP contribution in [0.2, 0.25) is 0 Å². The number of aromatic nitrogens is 1. The van der Waals surface area contributed by atoms with Crippen LogP contribution in [0.25, 0.3) is 0 Å². The molecule has 1 heterocycles. The number of ether oxygens (including phenoxy) is 1. The fourth-order valence-electron chi connectivity index (χ4n) is 0.706. The highest BCUT2D eigenvalue weighted by Crippen LogP contribution is 2.15. The molecule has 0 atom stereocenters. The predicted molar refractivity (Wildman–Crippen MR) is 51.2 cm³/mol. The van der Waals surface area contributed by atoms with Crippen LogP contribution in [0.3, 0.4) is 0 Å². The van der Waals surface area contributed by atoms with Crippen LogP contribution in [0, 0.1) is 0 Å². The number of nitrogens with one attached hydrogen (secondary N) is 1. The lowest BCUT2D eigenvalue weighted by Gasteiger charge is -1.97. The molecule has 1 aromatic heterocycles. The molecular weight excluding hydrogens is 212 g/mol. The molecule has 1 amide bonds. The van der Waals surface area contributed by atoms with Gasteiger partial charge in [-0.1, -0.05) is 0 Å². The van der Waals surface area contributed by atoms with Crippen molar-refractivity contribution in [3.8, 4) is 5.88 Å². The Morgan fingerprint density at radius 2 is 2.62 bits per heavy atom. The van der Waals surface area contributed by atoms with Gasteiger partial charge in [-0.2, -0.15) is 4.37 Å². The van der Waals surface area contributed by atoms with Gasteiger partial charge in [-0.25, -0.2) is 0 Å². The van der Waals surface area contributed by atoms with Crippen LogP contribution in [0.1, 0.15) is 4.88 Å². The fourth-order valence-corrected chi connectivity index (χ4v) is 1.43. The Morgan fingerprint density at radius 3 is 3.15 bits per heavy atom. The van der Waals surface area contributed by atoms with E-state index in [4.69, 9.17) is 16.3 Å². The Morgan fingerprint density at radius 1 is 1.85 bits per heavy atom. The zero-order valence-electron chi connectivity index (χ0n) is 7.04. The van der Waals surface area contributed by atoms with Gasteiger partial charge in [0.05, 0.1) is 13.7 Å². The van der Waals surface area contributed by atoms with Gasteiger partial charge < -0.3 is 10.1 Å². The minimum atomic E-state index is -0.186. The maximum Gasteiger partial charge on any atom is 0.235 e. The Labute approximate surface area is 85.0 Å². The summed E-state index contributed by atoms with van der Waals surface area (Å²) in [6, 6.07) is 1.78. The summed E-state index contributed by atoms with van der Waals surface area (Å²) in [5.41, 5.74) is 0. The van der Waals surface area contributed by atoms with Crippen LogP contribution in [0.5, 0.6) is 5.88 Å². The minimum absolute atomic E-state index is 0.0179.